The number of hydrogen-bond acceptors (Lipinski definition) is 6. The second-order valence-electron chi connectivity index (χ2n) is 4.97. The van der Waals surface area contributed by atoms with E-state index in [9.17, 15) is 4.79 Å². The van der Waals surface area contributed by atoms with Gasteiger partial charge >= 0.3 is 5.97 Å². The van der Waals surface area contributed by atoms with Gasteiger partial charge in [-0.05, 0) is 37.1 Å². The van der Waals surface area contributed by atoms with Gasteiger partial charge in [-0.1, -0.05) is 6.07 Å². The Labute approximate surface area is 141 Å². The van der Waals surface area contributed by atoms with Crippen LogP contribution in [0.25, 0.3) is 0 Å². The van der Waals surface area contributed by atoms with E-state index in [-0.39, 0.29) is 0 Å². The molecule has 6 nitrogen and oxygen atoms in total. The number of carbonyl (C=O) groups is 1. The molecule has 128 valence electrons. The van der Waals surface area contributed by atoms with E-state index in [1.807, 2.05) is 18.2 Å². The van der Waals surface area contributed by atoms with Crippen molar-refractivity contribution in [1.82, 2.24) is 4.98 Å². The Morgan fingerprint density at radius 2 is 1.75 bits per heavy atom. The molecule has 1 aromatic carbocycles. The Hall–Kier alpha value is -2.76. The molecule has 0 bridgehead atoms. The quantitative estimate of drug-likeness (QED) is 0.547. The highest BCUT2D eigenvalue weighted by Gasteiger charge is 2.17. The van der Waals surface area contributed by atoms with Crippen LogP contribution in [0.15, 0.2) is 36.5 Å². The van der Waals surface area contributed by atoms with Crippen molar-refractivity contribution in [3.63, 3.8) is 0 Å². The lowest BCUT2D eigenvalue weighted by Gasteiger charge is -2.13. The third kappa shape index (κ3) is 4.38. The van der Waals surface area contributed by atoms with Crippen molar-refractivity contribution in [3.05, 3.63) is 47.8 Å². The topological polar surface area (TPSA) is 66.9 Å². The Balaban J connectivity index is 1.96. The summed E-state index contributed by atoms with van der Waals surface area (Å²) in [4.78, 5) is 16.4. The fraction of sp³-hybridized carbons (Fsp3) is 0.333. The molecule has 0 saturated heterocycles. The van der Waals surface area contributed by atoms with E-state index in [1.165, 1.54) is 21.3 Å². The van der Waals surface area contributed by atoms with E-state index in [1.54, 1.807) is 18.3 Å². The van der Waals surface area contributed by atoms with Crippen molar-refractivity contribution in [1.29, 1.82) is 0 Å². The average molecular weight is 331 g/mol. The molecule has 0 saturated carbocycles. The van der Waals surface area contributed by atoms with Gasteiger partial charge in [0.25, 0.3) is 0 Å². The minimum absolute atomic E-state index is 0.312. The molecule has 6 heteroatoms. The number of nitrogens with zero attached hydrogens (tertiary/aromatic N) is 1. The number of methoxy groups -OCH3 is 3. The summed E-state index contributed by atoms with van der Waals surface area (Å²) in [5.74, 6) is 0.830. The summed E-state index contributed by atoms with van der Waals surface area (Å²) in [5, 5.41) is 0. The number of ether oxygens (including phenoxy) is 4. The Kier molecular flexibility index (Phi) is 6.42. The van der Waals surface area contributed by atoms with Crippen LogP contribution in [0.2, 0.25) is 0 Å². The van der Waals surface area contributed by atoms with Gasteiger partial charge in [0, 0.05) is 11.9 Å². The summed E-state index contributed by atoms with van der Waals surface area (Å²) in [6.07, 6.45) is 3.20. The fourth-order valence-corrected chi connectivity index (χ4v) is 2.25. The zero-order valence-electron chi connectivity index (χ0n) is 14.1. The minimum Gasteiger partial charge on any atom is -0.493 e. The molecule has 1 aromatic heterocycles. The highest BCUT2D eigenvalue weighted by atomic mass is 16.5. The van der Waals surface area contributed by atoms with E-state index in [4.69, 9.17) is 18.9 Å². The summed E-state index contributed by atoms with van der Waals surface area (Å²) in [7, 11) is 4.51. The summed E-state index contributed by atoms with van der Waals surface area (Å²) in [6.45, 7) is 0.312. The lowest BCUT2D eigenvalue weighted by atomic mass is 10.2. The largest absolute Gasteiger partial charge is 0.493 e. The molecular weight excluding hydrogens is 310 g/mol. The van der Waals surface area contributed by atoms with Gasteiger partial charge < -0.3 is 18.9 Å². The van der Waals surface area contributed by atoms with Gasteiger partial charge in [0.1, 0.15) is 0 Å². The molecule has 2 aromatic rings. The average Bonchev–Trinajstić information content (AvgIpc) is 2.64. The Morgan fingerprint density at radius 3 is 2.29 bits per heavy atom. The van der Waals surface area contributed by atoms with Crippen molar-refractivity contribution in [2.75, 3.05) is 27.9 Å². The Morgan fingerprint density at radius 1 is 1.04 bits per heavy atom. The summed E-state index contributed by atoms with van der Waals surface area (Å²) >= 11 is 0. The van der Waals surface area contributed by atoms with Crippen molar-refractivity contribution in [2.45, 2.75) is 12.8 Å². The normalized spacial score (nSPS) is 10.1. The third-order valence-electron chi connectivity index (χ3n) is 3.44. The first-order valence-electron chi connectivity index (χ1n) is 7.56. The van der Waals surface area contributed by atoms with Gasteiger partial charge in [-0.2, -0.15) is 0 Å². The molecule has 0 N–H and O–H groups in total. The fourth-order valence-electron chi connectivity index (χ4n) is 2.25. The van der Waals surface area contributed by atoms with Crippen molar-refractivity contribution < 1.29 is 23.7 Å². The van der Waals surface area contributed by atoms with Gasteiger partial charge in [-0.15, -0.1) is 0 Å². The molecule has 0 radical (unpaired) electrons. The predicted molar refractivity (Wildman–Crippen MR) is 88.9 cm³/mol. The van der Waals surface area contributed by atoms with Crippen LogP contribution in [-0.4, -0.2) is 38.9 Å². The van der Waals surface area contributed by atoms with Gasteiger partial charge in [-0.3, -0.25) is 4.98 Å². The molecule has 0 fully saturated rings. The van der Waals surface area contributed by atoms with E-state index in [2.05, 4.69) is 4.98 Å². The molecule has 0 unspecified atom stereocenters. The van der Waals surface area contributed by atoms with E-state index in [0.717, 1.165) is 12.1 Å². The highest BCUT2D eigenvalue weighted by molar-refractivity contribution is 5.91. The predicted octanol–water partition coefficient (Wildman–Crippen LogP) is 2.90. The number of carbonyl (C=O) groups excluding carboxylic acids is 1. The number of aromatic nitrogens is 1. The first-order chi connectivity index (χ1) is 11.7. The number of pyridine rings is 1. The van der Waals surface area contributed by atoms with Crippen molar-refractivity contribution in [2.24, 2.45) is 0 Å². The van der Waals surface area contributed by atoms with E-state index >= 15 is 0 Å². The number of aryl methyl sites for hydroxylation is 1. The SMILES string of the molecule is COc1cc(C(=O)OCCCc2ccccn2)cc(OC)c1OC. The second kappa shape index (κ2) is 8.76. The molecule has 24 heavy (non-hydrogen) atoms. The maximum absolute atomic E-state index is 12.2. The maximum Gasteiger partial charge on any atom is 0.338 e. The molecular formula is C18H21NO5. The monoisotopic (exact) mass is 331 g/mol. The van der Waals surface area contributed by atoms with Crippen LogP contribution in [0, 0.1) is 0 Å². The second-order valence-corrected chi connectivity index (χ2v) is 4.97. The number of hydrogen-bond donors (Lipinski definition) is 0. The standard InChI is InChI=1S/C18H21NO5/c1-21-15-11-13(12-16(22-2)17(15)23-3)18(20)24-10-6-8-14-7-4-5-9-19-14/h4-5,7,9,11-12H,6,8,10H2,1-3H3. The minimum atomic E-state index is -0.435. The molecule has 1 heterocycles. The first-order valence-corrected chi connectivity index (χ1v) is 7.56. The van der Waals surface area contributed by atoms with E-state index < -0.39 is 5.97 Å². The number of rotatable bonds is 8. The van der Waals surface area contributed by atoms with Gasteiger partial charge in [-0.25, -0.2) is 4.79 Å². The smallest absolute Gasteiger partial charge is 0.338 e. The lowest BCUT2D eigenvalue weighted by Crippen LogP contribution is -2.08. The molecule has 0 atom stereocenters. The number of esters is 1. The van der Waals surface area contributed by atoms with Crippen LogP contribution >= 0.6 is 0 Å². The summed E-state index contributed by atoms with van der Waals surface area (Å²) < 4.78 is 21.0. The van der Waals surface area contributed by atoms with Crippen LogP contribution in [-0.2, 0) is 11.2 Å². The highest BCUT2D eigenvalue weighted by Crippen LogP contribution is 2.38. The summed E-state index contributed by atoms with van der Waals surface area (Å²) in [6, 6.07) is 8.89. The zero-order chi connectivity index (χ0) is 17.4. The van der Waals surface area contributed by atoms with Gasteiger partial charge in [0.15, 0.2) is 11.5 Å². The molecule has 2 rings (SSSR count). The van der Waals surface area contributed by atoms with E-state index in [0.29, 0.717) is 35.8 Å². The molecule has 0 spiro atoms. The number of benzene rings is 1. The van der Waals surface area contributed by atoms with Crippen molar-refractivity contribution >= 4 is 5.97 Å². The van der Waals surface area contributed by atoms with Gasteiger partial charge in [0.2, 0.25) is 5.75 Å². The van der Waals surface area contributed by atoms with Crippen LogP contribution in [0.3, 0.4) is 0 Å². The first kappa shape index (κ1) is 17.6. The van der Waals surface area contributed by atoms with Crippen LogP contribution < -0.4 is 14.2 Å². The zero-order valence-corrected chi connectivity index (χ0v) is 14.1. The maximum atomic E-state index is 12.2. The van der Waals surface area contributed by atoms with Gasteiger partial charge in [0.05, 0.1) is 33.5 Å². The Bertz CT molecular complexity index is 647. The molecule has 0 aliphatic carbocycles. The van der Waals surface area contributed by atoms with Crippen LogP contribution in [0.4, 0.5) is 0 Å². The summed E-state index contributed by atoms with van der Waals surface area (Å²) in [5.41, 5.74) is 1.32. The van der Waals surface area contributed by atoms with Crippen LogP contribution in [0.1, 0.15) is 22.5 Å². The third-order valence-corrected chi connectivity index (χ3v) is 3.44. The molecule has 0 aliphatic rings. The molecule has 0 amide bonds. The lowest BCUT2D eigenvalue weighted by molar-refractivity contribution is 0.0499. The van der Waals surface area contributed by atoms with Crippen LogP contribution in [0.5, 0.6) is 17.2 Å². The van der Waals surface area contributed by atoms with Crippen molar-refractivity contribution in [3.8, 4) is 17.2 Å². The molecule has 0 aliphatic heterocycles.